The van der Waals surface area contributed by atoms with Crippen LogP contribution in [0, 0.1) is 5.82 Å². The van der Waals surface area contributed by atoms with Crippen molar-refractivity contribution in [3.63, 3.8) is 0 Å². The summed E-state index contributed by atoms with van der Waals surface area (Å²) < 4.78 is 14.7. The number of aromatic nitrogens is 3. The Labute approximate surface area is 141 Å². The molecule has 1 aromatic heterocycles. The average Bonchev–Trinajstić information content (AvgIpc) is 3.18. The van der Waals surface area contributed by atoms with Gasteiger partial charge in [-0.2, -0.15) is 0 Å². The topological polar surface area (TPSA) is 71.8 Å². The summed E-state index contributed by atoms with van der Waals surface area (Å²) in [5, 5.41) is 11.5. The molecule has 0 saturated heterocycles. The predicted molar refractivity (Wildman–Crippen MR) is 88.8 cm³/mol. The SMILES string of the molecule is O=C(Nc1ccc([C@@H]2Nn3cnnc3S2)cc1)c1ccc(F)cc1. The minimum atomic E-state index is -0.368. The molecule has 0 saturated carbocycles. The van der Waals surface area contributed by atoms with Crippen molar-refractivity contribution < 1.29 is 9.18 Å². The third-order valence-electron chi connectivity index (χ3n) is 3.57. The number of hydrogen-bond donors (Lipinski definition) is 2. The zero-order chi connectivity index (χ0) is 16.5. The van der Waals surface area contributed by atoms with Crippen LogP contribution in [0.15, 0.2) is 60.0 Å². The van der Waals surface area contributed by atoms with Gasteiger partial charge in [-0.05, 0) is 42.0 Å². The summed E-state index contributed by atoms with van der Waals surface area (Å²) in [5.74, 6) is -0.644. The van der Waals surface area contributed by atoms with Crippen molar-refractivity contribution in [1.82, 2.24) is 14.9 Å². The molecule has 120 valence electrons. The number of anilines is 1. The second-order valence-electron chi connectivity index (χ2n) is 5.19. The molecule has 0 spiro atoms. The summed E-state index contributed by atoms with van der Waals surface area (Å²) in [7, 11) is 0. The van der Waals surface area contributed by atoms with E-state index < -0.39 is 0 Å². The monoisotopic (exact) mass is 341 g/mol. The first-order chi connectivity index (χ1) is 11.7. The van der Waals surface area contributed by atoms with E-state index in [1.165, 1.54) is 24.3 Å². The van der Waals surface area contributed by atoms with Crippen LogP contribution < -0.4 is 10.7 Å². The molecule has 0 unspecified atom stereocenters. The van der Waals surface area contributed by atoms with Crippen LogP contribution in [-0.4, -0.2) is 20.8 Å². The van der Waals surface area contributed by atoms with Crippen molar-refractivity contribution in [3.8, 4) is 0 Å². The Morgan fingerprint density at radius 2 is 1.92 bits per heavy atom. The second kappa shape index (κ2) is 5.97. The summed E-state index contributed by atoms with van der Waals surface area (Å²) in [5.41, 5.74) is 5.40. The van der Waals surface area contributed by atoms with E-state index in [2.05, 4.69) is 20.9 Å². The van der Waals surface area contributed by atoms with Crippen molar-refractivity contribution in [3.05, 3.63) is 71.8 Å². The maximum atomic E-state index is 12.9. The van der Waals surface area contributed by atoms with Crippen molar-refractivity contribution in [1.29, 1.82) is 0 Å². The van der Waals surface area contributed by atoms with E-state index in [0.717, 1.165) is 10.7 Å². The Hall–Kier alpha value is -2.87. The molecule has 4 rings (SSSR count). The highest BCUT2D eigenvalue weighted by atomic mass is 32.2. The van der Waals surface area contributed by atoms with Gasteiger partial charge in [0, 0.05) is 11.3 Å². The van der Waals surface area contributed by atoms with Crippen LogP contribution in [0.3, 0.4) is 0 Å². The summed E-state index contributed by atoms with van der Waals surface area (Å²) in [6.45, 7) is 0. The smallest absolute Gasteiger partial charge is 0.255 e. The standard InChI is InChI=1S/C16H12FN5OS/c17-12-5-1-10(2-6-12)14(23)19-13-7-3-11(4-8-13)15-21-22-9-18-20-16(22)24-15/h1-9,15,21H,(H,19,23)/t15-/m1/s1. The maximum absolute atomic E-state index is 12.9. The molecule has 8 heteroatoms. The van der Waals surface area contributed by atoms with E-state index >= 15 is 0 Å². The first-order valence-electron chi connectivity index (χ1n) is 7.19. The zero-order valence-corrected chi connectivity index (χ0v) is 13.1. The van der Waals surface area contributed by atoms with E-state index in [4.69, 9.17) is 0 Å². The Morgan fingerprint density at radius 3 is 2.62 bits per heavy atom. The van der Waals surface area contributed by atoms with Crippen LogP contribution in [0.1, 0.15) is 21.3 Å². The lowest BCUT2D eigenvalue weighted by Gasteiger charge is -2.11. The summed E-state index contributed by atoms with van der Waals surface area (Å²) in [6.07, 6.45) is 1.62. The molecule has 1 aliphatic rings. The molecule has 1 aliphatic heterocycles. The summed E-state index contributed by atoms with van der Waals surface area (Å²) >= 11 is 1.57. The van der Waals surface area contributed by atoms with E-state index in [1.54, 1.807) is 22.8 Å². The molecule has 0 aliphatic carbocycles. The molecule has 6 nitrogen and oxygen atoms in total. The number of carbonyl (C=O) groups excluding carboxylic acids is 1. The molecule has 24 heavy (non-hydrogen) atoms. The van der Waals surface area contributed by atoms with E-state index in [-0.39, 0.29) is 17.1 Å². The van der Waals surface area contributed by atoms with Crippen molar-refractivity contribution >= 4 is 23.4 Å². The van der Waals surface area contributed by atoms with Crippen LogP contribution in [-0.2, 0) is 0 Å². The van der Waals surface area contributed by atoms with Crippen LogP contribution in [0.2, 0.25) is 0 Å². The third kappa shape index (κ3) is 2.83. The molecule has 1 amide bonds. The van der Waals surface area contributed by atoms with E-state index in [0.29, 0.717) is 11.3 Å². The molecule has 0 fully saturated rings. The molecule has 0 bridgehead atoms. The molecule has 2 N–H and O–H groups in total. The molecule has 2 heterocycles. The molecule has 3 aromatic rings. The van der Waals surface area contributed by atoms with Gasteiger partial charge in [0.1, 0.15) is 17.5 Å². The van der Waals surface area contributed by atoms with Gasteiger partial charge in [0.05, 0.1) is 0 Å². The number of benzene rings is 2. The fourth-order valence-corrected chi connectivity index (χ4v) is 3.32. The van der Waals surface area contributed by atoms with Crippen molar-refractivity contribution in [2.24, 2.45) is 0 Å². The number of carbonyl (C=O) groups is 1. The average molecular weight is 341 g/mol. The van der Waals surface area contributed by atoms with Gasteiger partial charge in [-0.15, -0.1) is 10.2 Å². The molecule has 1 atom stereocenters. The highest BCUT2D eigenvalue weighted by Crippen LogP contribution is 2.37. The first-order valence-corrected chi connectivity index (χ1v) is 8.07. The maximum Gasteiger partial charge on any atom is 0.255 e. The molecular formula is C16H12FN5OS. The van der Waals surface area contributed by atoms with E-state index in [1.807, 2.05) is 24.3 Å². The minimum absolute atomic E-state index is 0.0531. The zero-order valence-electron chi connectivity index (χ0n) is 12.3. The number of halogens is 1. The molecule has 2 aromatic carbocycles. The van der Waals surface area contributed by atoms with Crippen molar-refractivity contribution in [2.45, 2.75) is 10.5 Å². The van der Waals surface area contributed by atoms with Gasteiger partial charge in [0.2, 0.25) is 5.16 Å². The van der Waals surface area contributed by atoms with Gasteiger partial charge in [-0.3, -0.25) is 4.79 Å². The Kier molecular flexibility index (Phi) is 3.66. The molecule has 0 radical (unpaired) electrons. The largest absolute Gasteiger partial charge is 0.322 e. The number of thioether (sulfide) groups is 1. The fourth-order valence-electron chi connectivity index (χ4n) is 2.34. The van der Waals surface area contributed by atoms with Crippen molar-refractivity contribution in [2.75, 3.05) is 10.7 Å². The first kappa shape index (κ1) is 14.7. The minimum Gasteiger partial charge on any atom is -0.322 e. The third-order valence-corrected chi connectivity index (χ3v) is 4.68. The fraction of sp³-hybridized carbons (Fsp3) is 0.0625. The lowest BCUT2D eigenvalue weighted by molar-refractivity contribution is 0.102. The Morgan fingerprint density at radius 1 is 1.17 bits per heavy atom. The van der Waals surface area contributed by atoms with Gasteiger partial charge < -0.3 is 10.7 Å². The second-order valence-corrected chi connectivity index (χ2v) is 6.27. The van der Waals surface area contributed by atoms with Crippen LogP contribution in [0.5, 0.6) is 0 Å². The number of nitrogens with one attached hydrogen (secondary N) is 2. The number of amides is 1. The van der Waals surface area contributed by atoms with Gasteiger partial charge >= 0.3 is 0 Å². The Bertz CT molecular complexity index is 858. The van der Waals surface area contributed by atoms with Gasteiger partial charge in [-0.25, -0.2) is 9.07 Å². The van der Waals surface area contributed by atoms with Crippen LogP contribution >= 0.6 is 11.8 Å². The van der Waals surface area contributed by atoms with Crippen LogP contribution in [0.4, 0.5) is 10.1 Å². The number of hydrogen-bond acceptors (Lipinski definition) is 5. The lowest BCUT2D eigenvalue weighted by Crippen LogP contribution is -2.13. The van der Waals surface area contributed by atoms with Gasteiger partial charge in [0.25, 0.3) is 5.91 Å². The summed E-state index contributed by atoms with van der Waals surface area (Å²) in [4.78, 5) is 12.1. The van der Waals surface area contributed by atoms with Crippen LogP contribution in [0.25, 0.3) is 0 Å². The Balaban J connectivity index is 1.43. The highest BCUT2D eigenvalue weighted by molar-refractivity contribution is 7.99. The highest BCUT2D eigenvalue weighted by Gasteiger charge is 2.24. The predicted octanol–water partition coefficient (Wildman–Crippen LogP) is 3.02. The van der Waals surface area contributed by atoms with E-state index in [9.17, 15) is 9.18 Å². The number of fused-ring (bicyclic) bond motifs is 1. The summed E-state index contributed by atoms with van der Waals surface area (Å²) in [6, 6.07) is 13.0. The normalized spacial score (nSPS) is 15.6. The number of nitrogens with zero attached hydrogens (tertiary/aromatic N) is 3. The number of rotatable bonds is 3. The lowest BCUT2D eigenvalue weighted by atomic mass is 10.2. The quantitative estimate of drug-likeness (QED) is 0.766. The van der Waals surface area contributed by atoms with Gasteiger partial charge in [0.15, 0.2) is 0 Å². The van der Waals surface area contributed by atoms with Gasteiger partial charge in [-0.1, -0.05) is 23.9 Å². The molecular weight excluding hydrogens is 329 g/mol.